The molecule has 1 saturated heterocycles. The number of carbonyl (C=O) groups excluding carboxylic acids is 2. The molecular weight excluding hydrogens is 370 g/mol. The highest BCUT2D eigenvalue weighted by molar-refractivity contribution is 5.95. The van der Waals surface area contributed by atoms with E-state index in [4.69, 9.17) is 9.47 Å². The first-order valence-electron chi connectivity index (χ1n) is 10.5. The molecule has 1 aliphatic heterocycles. The number of amides is 2. The van der Waals surface area contributed by atoms with Crippen molar-refractivity contribution in [3.05, 3.63) is 23.8 Å². The van der Waals surface area contributed by atoms with Gasteiger partial charge in [-0.2, -0.15) is 0 Å². The molecule has 0 aromatic heterocycles. The van der Waals surface area contributed by atoms with Gasteiger partial charge in [0.1, 0.15) is 11.5 Å². The summed E-state index contributed by atoms with van der Waals surface area (Å²) in [6, 6.07) is 5.50. The van der Waals surface area contributed by atoms with Crippen LogP contribution in [-0.4, -0.2) is 74.6 Å². The van der Waals surface area contributed by atoms with E-state index in [-0.39, 0.29) is 17.7 Å². The lowest BCUT2D eigenvalue weighted by molar-refractivity contribution is -0.126. The van der Waals surface area contributed by atoms with Gasteiger partial charge in [0.15, 0.2) is 0 Å². The van der Waals surface area contributed by atoms with Crippen LogP contribution in [0.15, 0.2) is 18.2 Å². The highest BCUT2D eigenvalue weighted by atomic mass is 16.5. The summed E-state index contributed by atoms with van der Waals surface area (Å²) in [5.41, 5.74) is 0.539. The van der Waals surface area contributed by atoms with Crippen LogP contribution in [0.1, 0.15) is 44.0 Å². The predicted molar refractivity (Wildman–Crippen MR) is 114 cm³/mol. The summed E-state index contributed by atoms with van der Waals surface area (Å²) in [4.78, 5) is 29.6. The molecular formula is C22H35N3O4. The van der Waals surface area contributed by atoms with Crippen molar-refractivity contribution in [2.45, 2.75) is 39.7 Å². The Morgan fingerprint density at radius 1 is 1.10 bits per heavy atom. The largest absolute Gasteiger partial charge is 0.497 e. The van der Waals surface area contributed by atoms with E-state index < -0.39 is 0 Å². The van der Waals surface area contributed by atoms with Gasteiger partial charge in [0, 0.05) is 43.2 Å². The van der Waals surface area contributed by atoms with Crippen LogP contribution >= 0.6 is 0 Å². The number of piperidine rings is 1. The molecule has 1 unspecified atom stereocenters. The second-order valence-corrected chi connectivity index (χ2v) is 7.48. The van der Waals surface area contributed by atoms with E-state index in [1.807, 2.05) is 0 Å². The molecule has 29 heavy (non-hydrogen) atoms. The van der Waals surface area contributed by atoms with Crippen LogP contribution < -0.4 is 14.8 Å². The maximum absolute atomic E-state index is 12.9. The molecule has 1 aromatic carbocycles. The fourth-order valence-electron chi connectivity index (χ4n) is 3.83. The molecule has 1 heterocycles. The van der Waals surface area contributed by atoms with Crippen molar-refractivity contribution in [3.8, 4) is 11.5 Å². The third-order valence-corrected chi connectivity index (χ3v) is 5.76. The van der Waals surface area contributed by atoms with Crippen LogP contribution in [0.4, 0.5) is 0 Å². The number of methoxy groups -OCH3 is 2. The van der Waals surface area contributed by atoms with E-state index in [1.54, 1.807) is 37.3 Å². The topological polar surface area (TPSA) is 71.1 Å². The van der Waals surface area contributed by atoms with E-state index in [9.17, 15) is 9.59 Å². The highest BCUT2D eigenvalue weighted by Gasteiger charge is 2.28. The number of hydrogen-bond acceptors (Lipinski definition) is 5. The number of likely N-dealkylation sites (tertiary alicyclic amines) is 1. The van der Waals surface area contributed by atoms with Gasteiger partial charge in [0.25, 0.3) is 5.91 Å². The van der Waals surface area contributed by atoms with Crippen LogP contribution in [-0.2, 0) is 4.79 Å². The van der Waals surface area contributed by atoms with Gasteiger partial charge in [0.05, 0.1) is 14.2 Å². The molecule has 0 radical (unpaired) electrons. The van der Waals surface area contributed by atoms with Crippen molar-refractivity contribution in [2.75, 3.05) is 46.9 Å². The normalized spacial score (nSPS) is 15.9. The lowest BCUT2D eigenvalue weighted by atomic mass is 9.95. The molecule has 0 bridgehead atoms. The second-order valence-electron chi connectivity index (χ2n) is 7.48. The Kier molecular flexibility index (Phi) is 8.76. The molecule has 1 atom stereocenters. The number of benzene rings is 1. The third kappa shape index (κ3) is 6.10. The number of likely N-dealkylation sites (N-methyl/N-ethyl adjacent to an activating group) is 1. The average molecular weight is 406 g/mol. The third-order valence-electron chi connectivity index (χ3n) is 5.76. The summed E-state index contributed by atoms with van der Waals surface area (Å²) in [6.07, 6.45) is 1.36. The fraction of sp³-hybridized carbons (Fsp3) is 0.636. The molecule has 0 saturated carbocycles. The van der Waals surface area contributed by atoms with E-state index >= 15 is 0 Å². The van der Waals surface area contributed by atoms with Crippen LogP contribution in [0.5, 0.6) is 11.5 Å². The molecule has 162 valence electrons. The molecule has 1 aliphatic rings. The van der Waals surface area contributed by atoms with Crippen LogP contribution in [0, 0.1) is 5.92 Å². The molecule has 7 nitrogen and oxygen atoms in total. The number of ether oxygens (including phenoxy) is 2. The number of carbonyl (C=O) groups is 2. The number of nitrogens with zero attached hydrogens (tertiary/aromatic N) is 2. The Bertz CT molecular complexity index is 660. The van der Waals surface area contributed by atoms with E-state index in [1.165, 1.54) is 0 Å². The summed E-state index contributed by atoms with van der Waals surface area (Å²) < 4.78 is 10.5. The summed E-state index contributed by atoms with van der Waals surface area (Å²) in [5.74, 6) is 1.17. The van der Waals surface area contributed by atoms with Crippen molar-refractivity contribution in [2.24, 2.45) is 5.92 Å². The second kappa shape index (κ2) is 11.0. The fourth-order valence-corrected chi connectivity index (χ4v) is 3.83. The SMILES string of the molecule is CCN(CC)C(C)CNC(=O)C1CCN(C(=O)c2cc(OC)cc(OC)c2)CC1. The monoisotopic (exact) mass is 405 g/mol. The Morgan fingerprint density at radius 2 is 1.66 bits per heavy atom. The van der Waals surface area contributed by atoms with Crippen molar-refractivity contribution in [1.29, 1.82) is 0 Å². The van der Waals surface area contributed by atoms with Gasteiger partial charge < -0.3 is 19.7 Å². The van der Waals surface area contributed by atoms with Gasteiger partial charge in [-0.3, -0.25) is 14.5 Å². The van der Waals surface area contributed by atoms with E-state index in [0.717, 1.165) is 13.1 Å². The van der Waals surface area contributed by atoms with Gasteiger partial charge >= 0.3 is 0 Å². The van der Waals surface area contributed by atoms with Gasteiger partial charge in [-0.25, -0.2) is 0 Å². The number of hydrogen-bond donors (Lipinski definition) is 1. The van der Waals surface area contributed by atoms with Crippen molar-refractivity contribution in [3.63, 3.8) is 0 Å². The maximum Gasteiger partial charge on any atom is 0.254 e. The molecule has 2 amide bonds. The van der Waals surface area contributed by atoms with E-state index in [0.29, 0.717) is 55.6 Å². The zero-order valence-corrected chi connectivity index (χ0v) is 18.4. The zero-order valence-electron chi connectivity index (χ0n) is 18.4. The van der Waals surface area contributed by atoms with E-state index in [2.05, 4.69) is 31.0 Å². The molecule has 1 fully saturated rings. The Morgan fingerprint density at radius 3 is 2.14 bits per heavy atom. The summed E-state index contributed by atoms with van der Waals surface area (Å²) in [5, 5.41) is 3.09. The quantitative estimate of drug-likeness (QED) is 0.683. The molecule has 2 rings (SSSR count). The highest BCUT2D eigenvalue weighted by Crippen LogP contribution is 2.25. The smallest absolute Gasteiger partial charge is 0.254 e. The van der Waals surface area contributed by atoms with Crippen LogP contribution in [0.3, 0.4) is 0 Å². The molecule has 1 aromatic rings. The minimum absolute atomic E-state index is 0.0391. The minimum Gasteiger partial charge on any atom is -0.497 e. The van der Waals surface area contributed by atoms with Gasteiger partial charge in [-0.05, 0) is 45.0 Å². The summed E-state index contributed by atoms with van der Waals surface area (Å²) in [7, 11) is 3.13. The maximum atomic E-state index is 12.9. The van der Waals surface area contributed by atoms with Gasteiger partial charge in [-0.15, -0.1) is 0 Å². The molecule has 7 heteroatoms. The Hall–Kier alpha value is -2.28. The molecule has 0 spiro atoms. The average Bonchev–Trinajstić information content (AvgIpc) is 2.77. The van der Waals surface area contributed by atoms with Gasteiger partial charge in [0.2, 0.25) is 5.91 Å². The Balaban J connectivity index is 1.88. The van der Waals surface area contributed by atoms with Crippen molar-refractivity contribution in [1.82, 2.24) is 15.1 Å². The molecule has 1 N–H and O–H groups in total. The zero-order chi connectivity index (χ0) is 21.4. The van der Waals surface area contributed by atoms with Crippen molar-refractivity contribution < 1.29 is 19.1 Å². The standard InChI is InChI=1S/C22H35N3O4/c1-6-24(7-2)16(3)15-23-21(26)17-8-10-25(11-9-17)22(27)18-12-19(28-4)14-20(13-18)29-5/h12-14,16-17H,6-11,15H2,1-5H3,(H,23,26). The Labute approximate surface area is 174 Å². The lowest BCUT2D eigenvalue weighted by Gasteiger charge is -2.32. The van der Waals surface area contributed by atoms with Crippen LogP contribution in [0.25, 0.3) is 0 Å². The summed E-state index contributed by atoms with van der Waals surface area (Å²) >= 11 is 0. The van der Waals surface area contributed by atoms with Crippen LogP contribution in [0.2, 0.25) is 0 Å². The lowest BCUT2D eigenvalue weighted by Crippen LogP contribution is -2.46. The predicted octanol–water partition coefficient (Wildman–Crippen LogP) is 2.40. The van der Waals surface area contributed by atoms with Crippen molar-refractivity contribution >= 4 is 11.8 Å². The number of rotatable bonds is 9. The summed E-state index contributed by atoms with van der Waals surface area (Å²) in [6.45, 7) is 10.1. The first-order valence-corrected chi connectivity index (χ1v) is 10.5. The first-order chi connectivity index (χ1) is 13.9. The van der Waals surface area contributed by atoms with Gasteiger partial charge in [-0.1, -0.05) is 13.8 Å². The molecule has 0 aliphatic carbocycles. The first kappa shape index (κ1) is 23.0. The number of nitrogens with one attached hydrogen (secondary N) is 1. The minimum atomic E-state index is -0.0591.